The number of hydrogen-bond donors (Lipinski definition) is 1. The molecule has 0 aromatic heterocycles. The van der Waals surface area contributed by atoms with Crippen LogP contribution in [0.5, 0.6) is 11.5 Å². The Morgan fingerprint density at radius 2 is 2.12 bits per heavy atom. The van der Waals surface area contributed by atoms with Crippen LogP contribution < -0.4 is 9.47 Å². The lowest BCUT2D eigenvalue weighted by atomic mass is 9.95. The molecule has 7 nitrogen and oxygen atoms in total. The summed E-state index contributed by atoms with van der Waals surface area (Å²) in [5.41, 5.74) is 2.01. The Balaban J connectivity index is 1.96. The summed E-state index contributed by atoms with van der Waals surface area (Å²) in [4.78, 5) is 23.6. The van der Waals surface area contributed by atoms with Crippen LogP contribution in [0.15, 0.2) is 30.3 Å². The number of ether oxygens (including phenoxy) is 3. The van der Waals surface area contributed by atoms with Gasteiger partial charge in [-0.25, -0.2) is 4.79 Å². The highest BCUT2D eigenvalue weighted by molar-refractivity contribution is 5.97. The van der Waals surface area contributed by atoms with Gasteiger partial charge in [0.1, 0.15) is 6.61 Å². The van der Waals surface area contributed by atoms with Crippen LogP contribution in [0.1, 0.15) is 37.4 Å². The smallest absolute Gasteiger partial charge is 0.340 e. The Kier molecular flexibility index (Phi) is 4.87. The summed E-state index contributed by atoms with van der Waals surface area (Å²) in [6, 6.07) is 10.3. The first-order valence-electron chi connectivity index (χ1n) is 7.77. The lowest BCUT2D eigenvalue weighted by Gasteiger charge is -2.24. The largest absolute Gasteiger partial charge is 0.492 e. The molecule has 1 aliphatic heterocycles. The summed E-state index contributed by atoms with van der Waals surface area (Å²) in [5, 5.41) is 18.4. The summed E-state index contributed by atoms with van der Waals surface area (Å²) in [6.07, 6.45) is -0.734. The second-order valence-electron chi connectivity index (χ2n) is 5.63. The van der Waals surface area contributed by atoms with E-state index in [9.17, 15) is 14.7 Å². The van der Waals surface area contributed by atoms with Crippen molar-refractivity contribution >= 4 is 12.3 Å². The van der Waals surface area contributed by atoms with Gasteiger partial charge in [0, 0.05) is 6.42 Å². The van der Waals surface area contributed by atoms with Gasteiger partial charge in [0.05, 0.1) is 29.9 Å². The lowest BCUT2D eigenvalue weighted by Crippen LogP contribution is -2.28. The van der Waals surface area contributed by atoms with Gasteiger partial charge in [0.15, 0.2) is 17.8 Å². The Labute approximate surface area is 149 Å². The number of nitrogens with zero attached hydrogens (tertiary/aromatic N) is 1. The minimum Gasteiger partial charge on any atom is -0.492 e. The molecule has 2 aromatic carbocycles. The van der Waals surface area contributed by atoms with E-state index >= 15 is 0 Å². The van der Waals surface area contributed by atoms with E-state index in [1.807, 2.05) is 6.07 Å². The summed E-state index contributed by atoms with van der Waals surface area (Å²) >= 11 is 0. The summed E-state index contributed by atoms with van der Waals surface area (Å²) in [6.45, 7) is 0.150. The van der Waals surface area contributed by atoms with Crippen molar-refractivity contribution in [1.29, 1.82) is 5.26 Å². The van der Waals surface area contributed by atoms with Gasteiger partial charge < -0.3 is 19.3 Å². The minimum atomic E-state index is -1.30. The number of rotatable bonds is 5. The number of carbonyl (C=O) groups is 2. The second-order valence-corrected chi connectivity index (χ2v) is 5.63. The number of carbonyl (C=O) groups excluding carboxylic acids is 2. The number of aliphatic hydroxyl groups is 1. The molecule has 26 heavy (non-hydrogen) atoms. The van der Waals surface area contributed by atoms with Gasteiger partial charge in [-0.05, 0) is 29.3 Å². The van der Waals surface area contributed by atoms with E-state index in [0.717, 1.165) is 5.56 Å². The van der Waals surface area contributed by atoms with Crippen LogP contribution in [0, 0.1) is 11.3 Å². The highest BCUT2D eigenvalue weighted by Crippen LogP contribution is 2.38. The first kappa shape index (κ1) is 17.5. The van der Waals surface area contributed by atoms with E-state index in [-0.39, 0.29) is 35.7 Å². The molecule has 1 aliphatic rings. The van der Waals surface area contributed by atoms with Gasteiger partial charge in [0.2, 0.25) is 6.29 Å². The van der Waals surface area contributed by atoms with Crippen molar-refractivity contribution in [2.24, 2.45) is 0 Å². The van der Waals surface area contributed by atoms with E-state index in [4.69, 9.17) is 19.5 Å². The number of aldehydes is 1. The zero-order chi connectivity index (χ0) is 18.7. The molecule has 1 unspecified atom stereocenters. The van der Waals surface area contributed by atoms with Gasteiger partial charge >= 0.3 is 5.97 Å². The van der Waals surface area contributed by atoms with Crippen molar-refractivity contribution in [3.8, 4) is 17.6 Å². The Morgan fingerprint density at radius 3 is 2.73 bits per heavy atom. The third-order valence-electron chi connectivity index (χ3n) is 4.04. The van der Waals surface area contributed by atoms with Crippen LogP contribution in [-0.2, 0) is 17.8 Å². The quantitative estimate of drug-likeness (QED) is 0.647. The molecule has 0 radical (unpaired) electrons. The molecule has 3 rings (SSSR count). The van der Waals surface area contributed by atoms with E-state index in [1.54, 1.807) is 24.3 Å². The highest BCUT2D eigenvalue weighted by atomic mass is 16.6. The maximum absolute atomic E-state index is 12.0. The molecule has 1 heterocycles. The number of cyclic esters (lactones) is 1. The fourth-order valence-electron chi connectivity index (χ4n) is 2.78. The third-order valence-corrected chi connectivity index (χ3v) is 4.04. The molecule has 7 heteroatoms. The maximum atomic E-state index is 12.0. The van der Waals surface area contributed by atoms with Gasteiger partial charge in [-0.2, -0.15) is 5.26 Å². The van der Waals surface area contributed by atoms with Crippen molar-refractivity contribution in [2.75, 3.05) is 7.11 Å². The minimum absolute atomic E-state index is 0.00140. The molecule has 0 aliphatic carbocycles. The van der Waals surface area contributed by atoms with Gasteiger partial charge in [-0.1, -0.05) is 12.1 Å². The Bertz CT molecular complexity index is 898. The highest BCUT2D eigenvalue weighted by Gasteiger charge is 2.31. The maximum Gasteiger partial charge on any atom is 0.340 e. The third kappa shape index (κ3) is 3.23. The molecule has 0 bridgehead atoms. The summed E-state index contributed by atoms with van der Waals surface area (Å²) in [5.74, 6) is -0.326. The van der Waals surface area contributed by atoms with E-state index < -0.39 is 12.3 Å². The SMILES string of the molecule is COc1c(OCc2ccc(C#N)cc2)cc2c(c1C=O)CC(O)OC2=O. The topological polar surface area (TPSA) is 106 Å². The van der Waals surface area contributed by atoms with Gasteiger partial charge in [0.25, 0.3) is 0 Å². The number of methoxy groups -OCH3 is 1. The predicted molar refractivity (Wildman–Crippen MR) is 89.0 cm³/mol. The standard InChI is InChI=1S/C19H15NO6/c1-24-18-15(9-21)13-7-17(22)26-19(23)14(13)6-16(18)25-10-12-4-2-11(8-20)3-5-12/h2-6,9,17,22H,7,10H2,1H3. The molecular formula is C19H15NO6. The molecule has 1 atom stereocenters. The fourth-order valence-corrected chi connectivity index (χ4v) is 2.78. The zero-order valence-corrected chi connectivity index (χ0v) is 13.9. The van der Waals surface area contributed by atoms with E-state index in [2.05, 4.69) is 0 Å². The molecule has 0 amide bonds. The fraction of sp³-hybridized carbons (Fsp3) is 0.211. The molecule has 132 valence electrons. The average Bonchev–Trinajstić information content (AvgIpc) is 2.65. The first-order chi connectivity index (χ1) is 12.6. The molecule has 0 spiro atoms. The first-order valence-corrected chi connectivity index (χ1v) is 7.77. The van der Waals surface area contributed by atoms with Crippen LogP contribution in [0.2, 0.25) is 0 Å². The van der Waals surface area contributed by atoms with Crippen molar-refractivity contribution in [1.82, 2.24) is 0 Å². The van der Waals surface area contributed by atoms with Crippen LogP contribution in [-0.4, -0.2) is 30.8 Å². The number of nitriles is 1. The summed E-state index contributed by atoms with van der Waals surface area (Å²) in [7, 11) is 1.39. The summed E-state index contributed by atoms with van der Waals surface area (Å²) < 4.78 is 15.8. The lowest BCUT2D eigenvalue weighted by molar-refractivity contribution is -0.0688. The molecule has 2 aromatic rings. The monoisotopic (exact) mass is 353 g/mol. The van der Waals surface area contributed by atoms with Crippen molar-refractivity contribution in [3.05, 3.63) is 58.1 Å². The van der Waals surface area contributed by atoms with E-state index in [0.29, 0.717) is 17.4 Å². The van der Waals surface area contributed by atoms with Crippen LogP contribution in [0.4, 0.5) is 0 Å². The molecular weight excluding hydrogens is 338 g/mol. The average molecular weight is 353 g/mol. The predicted octanol–water partition coefficient (Wildman–Crippen LogP) is 1.99. The Morgan fingerprint density at radius 1 is 1.38 bits per heavy atom. The van der Waals surface area contributed by atoms with Crippen LogP contribution in [0.3, 0.4) is 0 Å². The van der Waals surface area contributed by atoms with Crippen molar-refractivity contribution in [3.63, 3.8) is 0 Å². The number of aliphatic hydroxyl groups excluding tert-OH is 1. The number of benzene rings is 2. The normalized spacial score (nSPS) is 15.4. The van der Waals surface area contributed by atoms with Gasteiger partial charge in [-0.15, -0.1) is 0 Å². The second kappa shape index (κ2) is 7.25. The Hall–Kier alpha value is -3.37. The molecule has 0 saturated heterocycles. The van der Waals surface area contributed by atoms with Crippen molar-refractivity contribution in [2.45, 2.75) is 19.3 Å². The molecule has 0 saturated carbocycles. The zero-order valence-electron chi connectivity index (χ0n) is 13.9. The van der Waals surface area contributed by atoms with Crippen LogP contribution >= 0.6 is 0 Å². The number of hydrogen-bond acceptors (Lipinski definition) is 7. The van der Waals surface area contributed by atoms with E-state index in [1.165, 1.54) is 13.2 Å². The van der Waals surface area contributed by atoms with Crippen LogP contribution in [0.25, 0.3) is 0 Å². The van der Waals surface area contributed by atoms with Crippen molar-refractivity contribution < 1.29 is 28.9 Å². The number of esters is 1. The van der Waals surface area contributed by atoms with Gasteiger partial charge in [-0.3, -0.25) is 4.79 Å². The number of fused-ring (bicyclic) bond motifs is 1. The molecule has 0 fully saturated rings. The molecule has 1 N–H and O–H groups in total.